The number of likely N-dealkylation sites (N-methyl/N-ethyl adjacent to an activating group) is 1. The highest BCUT2D eigenvalue weighted by Gasteiger charge is 2.26. The van der Waals surface area contributed by atoms with Crippen molar-refractivity contribution in [3.63, 3.8) is 0 Å². The molecule has 80 valence electrons. The standard InChI is InChI=1S/C10H19N3O/c1-13(9-2-3-11-6-9)7-8-4-10(14)12-5-8/h8-9,11H,2-7H2,1H3,(H,12,14). The van der Waals surface area contributed by atoms with Gasteiger partial charge in [-0.1, -0.05) is 0 Å². The number of nitrogens with one attached hydrogen (secondary N) is 2. The summed E-state index contributed by atoms with van der Waals surface area (Å²) in [5, 5.41) is 6.25. The maximum Gasteiger partial charge on any atom is 0.220 e. The molecule has 0 aliphatic carbocycles. The summed E-state index contributed by atoms with van der Waals surface area (Å²) in [6, 6.07) is 0.672. The number of nitrogens with zero attached hydrogens (tertiary/aromatic N) is 1. The number of amides is 1. The normalized spacial score (nSPS) is 32.6. The van der Waals surface area contributed by atoms with Crippen LogP contribution in [-0.2, 0) is 4.79 Å². The maximum atomic E-state index is 11.0. The molecule has 2 atom stereocenters. The number of hydrogen-bond donors (Lipinski definition) is 2. The van der Waals surface area contributed by atoms with E-state index >= 15 is 0 Å². The molecular weight excluding hydrogens is 178 g/mol. The summed E-state index contributed by atoms with van der Waals surface area (Å²) in [7, 11) is 2.17. The first kappa shape index (κ1) is 9.93. The molecule has 4 heteroatoms. The Morgan fingerprint density at radius 1 is 1.50 bits per heavy atom. The largest absolute Gasteiger partial charge is 0.356 e. The molecule has 0 aromatic heterocycles. The van der Waals surface area contributed by atoms with Crippen molar-refractivity contribution < 1.29 is 4.79 Å². The van der Waals surface area contributed by atoms with Gasteiger partial charge in [-0.25, -0.2) is 0 Å². The SMILES string of the molecule is CN(CC1CNC(=O)C1)C1CCNC1. The highest BCUT2D eigenvalue weighted by atomic mass is 16.1. The predicted octanol–water partition coefficient (Wildman–Crippen LogP) is -0.584. The predicted molar refractivity (Wildman–Crippen MR) is 55.0 cm³/mol. The quantitative estimate of drug-likeness (QED) is 0.636. The molecule has 1 amide bonds. The van der Waals surface area contributed by atoms with Crippen LogP contribution in [0.3, 0.4) is 0 Å². The van der Waals surface area contributed by atoms with Crippen molar-refractivity contribution in [1.29, 1.82) is 0 Å². The van der Waals surface area contributed by atoms with Crippen molar-refractivity contribution in [3.8, 4) is 0 Å². The lowest BCUT2D eigenvalue weighted by atomic mass is 10.1. The summed E-state index contributed by atoms with van der Waals surface area (Å²) < 4.78 is 0. The minimum absolute atomic E-state index is 0.216. The van der Waals surface area contributed by atoms with E-state index in [1.54, 1.807) is 0 Å². The highest BCUT2D eigenvalue weighted by molar-refractivity contribution is 5.78. The monoisotopic (exact) mass is 197 g/mol. The van der Waals surface area contributed by atoms with Crippen molar-refractivity contribution in [2.45, 2.75) is 18.9 Å². The van der Waals surface area contributed by atoms with Crippen molar-refractivity contribution >= 4 is 5.91 Å². The van der Waals surface area contributed by atoms with Gasteiger partial charge in [0.2, 0.25) is 5.91 Å². The fourth-order valence-corrected chi connectivity index (χ4v) is 2.37. The van der Waals surface area contributed by atoms with Crippen LogP contribution in [0.2, 0.25) is 0 Å². The molecular formula is C10H19N3O. The van der Waals surface area contributed by atoms with E-state index in [0.29, 0.717) is 18.4 Å². The van der Waals surface area contributed by atoms with Gasteiger partial charge in [0.15, 0.2) is 0 Å². The van der Waals surface area contributed by atoms with Gasteiger partial charge in [0.25, 0.3) is 0 Å². The molecule has 0 spiro atoms. The number of carbonyl (C=O) groups is 1. The van der Waals surface area contributed by atoms with E-state index in [4.69, 9.17) is 0 Å². The van der Waals surface area contributed by atoms with Crippen molar-refractivity contribution in [2.75, 3.05) is 33.2 Å². The van der Waals surface area contributed by atoms with Crippen molar-refractivity contribution in [1.82, 2.24) is 15.5 Å². The van der Waals surface area contributed by atoms with Crippen molar-refractivity contribution in [3.05, 3.63) is 0 Å². The fourth-order valence-electron chi connectivity index (χ4n) is 2.37. The lowest BCUT2D eigenvalue weighted by Crippen LogP contribution is -2.37. The van der Waals surface area contributed by atoms with Crippen LogP contribution in [0.5, 0.6) is 0 Å². The van der Waals surface area contributed by atoms with Gasteiger partial charge < -0.3 is 15.5 Å². The van der Waals surface area contributed by atoms with Crippen LogP contribution in [-0.4, -0.2) is 50.1 Å². The van der Waals surface area contributed by atoms with Gasteiger partial charge in [-0.15, -0.1) is 0 Å². The minimum Gasteiger partial charge on any atom is -0.356 e. The summed E-state index contributed by atoms with van der Waals surface area (Å²) in [6.45, 7) is 4.15. The number of rotatable bonds is 3. The van der Waals surface area contributed by atoms with Crippen LogP contribution in [0.15, 0.2) is 0 Å². The van der Waals surface area contributed by atoms with E-state index < -0.39 is 0 Å². The molecule has 2 N–H and O–H groups in total. The molecule has 2 unspecified atom stereocenters. The van der Waals surface area contributed by atoms with Gasteiger partial charge in [0, 0.05) is 32.1 Å². The summed E-state index contributed by atoms with van der Waals surface area (Å²) in [6.07, 6.45) is 1.95. The Kier molecular flexibility index (Phi) is 3.03. The lowest BCUT2D eigenvalue weighted by molar-refractivity contribution is -0.119. The third-order valence-electron chi connectivity index (χ3n) is 3.27. The van der Waals surface area contributed by atoms with Crippen LogP contribution in [0.1, 0.15) is 12.8 Å². The number of carbonyl (C=O) groups excluding carboxylic acids is 1. The summed E-state index contributed by atoms with van der Waals surface area (Å²) >= 11 is 0. The molecule has 0 radical (unpaired) electrons. The van der Waals surface area contributed by atoms with Gasteiger partial charge >= 0.3 is 0 Å². The molecule has 4 nitrogen and oxygen atoms in total. The van der Waals surface area contributed by atoms with Crippen LogP contribution < -0.4 is 10.6 Å². The molecule has 0 aromatic rings. The second kappa shape index (κ2) is 4.28. The Hall–Kier alpha value is -0.610. The maximum absolute atomic E-state index is 11.0. The van der Waals surface area contributed by atoms with Crippen molar-refractivity contribution in [2.24, 2.45) is 5.92 Å². The zero-order valence-corrected chi connectivity index (χ0v) is 8.75. The molecule has 14 heavy (non-hydrogen) atoms. The molecule has 2 fully saturated rings. The summed E-state index contributed by atoms with van der Waals surface area (Å²) in [4.78, 5) is 13.4. The van der Waals surface area contributed by atoms with Gasteiger partial charge in [-0.2, -0.15) is 0 Å². The van der Waals surface area contributed by atoms with Crippen LogP contribution in [0, 0.1) is 5.92 Å². The van der Waals surface area contributed by atoms with Gasteiger partial charge in [-0.3, -0.25) is 4.79 Å². The molecule has 0 aromatic carbocycles. The van der Waals surface area contributed by atoms with Gasteiger partial charge in [0.1, 0.15) is 0 Å². The topological polar surface area (TPSA) is 44.4 Å². The highest BCUT2D eigenvalue weighted by Crippen LogP contribution is 2.14. The zero-order chi connectivity index (χ0) is 9.97. The first-order valence-electron chi connectivity index (χ1n) is 5.43. The summed E-state index contributed by atoms with van der Waals surface area (Å²) in [5.74, 6) is 0.737. The second-order valence-corrected chi connectivity index (χ2v) is 4.46. The van der Waals surface area contributed by atoms with E-state index in [2.05, 4.69) is 22.6 Å². The zero-order valence-electron chi connectivity index (χ0n) is 8.75. The fraction of sp³-hybridized carbons (Fsp3) is 0.900. The van der Waals surface area contributed by atoms with Crippen LogP contribution in [0.4, 0.5) is 0 Å². The Morgan fingerprint density at radius 2 is 2.36 bits per heavy atom. The van der Waals surface area contributed by atoms with E-state index in [1.165, 1.54) is 6.42 Å². The van der Waals surface area contributed by atoms with E-state index in [-0.39, 0.29) is 5.91 Å². The summed E-state index contributed by atoms with van der Waals surface area (Å²) in [5.41, 5.74) is 0. The molecule has 2 saturated heterocycles. The Balaban J connectivity index is 1.76. The van der Waals surface area contributed by atoms with E-state index in [1.807, 2.05) is 0 Å². The molecule has 2 aliphatic heterocycles. The Labute approximate surface area is 85.0 Å². The average molecular weight is 197 g/mol. The molecule has 2 aliphatic rings. The average Bonchev–Trinajstić information content (AvgIpc) is 2.75. The smallest absolute Gasteiger partial charge is 0.220 e. The van der Waals surface area contributed by atoms with Gasteiger partial charge in [0.05, 0.1) is 0 Å². The minimum atomic E-state index is 0.216. The third-order valence-corrected chi connectivity index (χ3v) is 3.27. The van der Waals surface area contributed by atoms with Gasteiger partial charge in [-0.05, 0) is 25.9 Å². The molecule has 2 heterocycles. The first-order valence-corrected chi connectivity index (χ1v) is 5.43. The first-order chi connectivity index (χ1) is 6.75. The molecule has 2 rings (SSSR count). The second-order valence-electron chi connectivity index (χ2n) is 4.46. The molecule has 0 bridgehead atoms. The van der Waals surface area contributed by atoms with E-state index in [0.717, 1.165) is 26.2 Å². The van der Waals surface area contributed by atoms with Crippen LogP contribution >= 0.6 is 0 Å². The Bertz CT molecular complexity index is 213. The lowest BCUT2D eigenvalue weighted by Gasteiger charge is -2.25. The third kappa shape index (κ3) is 2.25. The van der Waals surface area contributed by atoms with E-state index in [9.17, 15) is 4.79 Å². The molecule has 0 saturated carbocycles. The van der Waals surface area contributed by atoms with Crippen LogP contribution in [0.25, 0.3) is 0 Å². The Morgan fingerprint density at radius 3 is 2.93 bits per heavy atom. The number of hydrogen-bond acceptors (Lipinski definition) is 3.